The number of nitrogens with two attached hydrogens (primary N) is 1. The van der Waals surface area contributed by atoms with Crippen LogP contribution in [0.3, 0.4) is 0 Å². The Kier molecular flexibility index (Phi) is 2.49. The molecule has 6 heteroatoms. The third-order valence-electron chi connectivity index (χ3n) is 1.67. The van der Waals surface area contributed by atoms with Crippen molar-refractivity contribution in [3.8, 4) is 0 Å². The zero-order chi connectivity index (χ0) is 9.14. The average molecular weight is 174 g/mol. The van der Waals surface area contributed by atoms with E-state index >= 15 is 0 Å². The molecule has 1 aliphatic rings. The van der Waals surface area contributed by atoms with E-state index in [0.29, 0.717) is 6.54 Å². The molecule has 2 atom stereocenters. The van der Waals surface area contributed by atoms with Crippen molar-refractivity contribution in [3.63, 3.8) is 0 Å². The monoisotopic (exact) mass is 174 g/mol. The molecule has 0 unspecified atom stereocenters. The minimum Gasteiger partial charge on any atom is -0.480 e. The van der Waals surface area contributed by atoms with Crippen molar-refractivity contribution < 1.29 is 19.4 Å². The maximum absolute atomic E-state index is 10.4. The molecule has 0 spiro atoms. The van der Waals surface area contributed by atoms with E-state index in [2.05, 4.69) is 10.1 Å². The molecule has 1 rings (SSSR count). The van der Waals surface area contributed by atoms with Gasteiger partial charge in [0.25, 0.3) is 0 Å². The standard InChI is InChI=1S/C6H10N2O4/c7-6(11)12-3-1-4(5(9)10)8-2-3/h3-4,8H,1-2H2,(H2,7,11)(H,9,10)/t3-,4-/m0/s1. The highest BCUT2D eigenvalue weighted by Gasteiger charge is 2.30. The lowest BCUT2D eigenvalue weighted by Crippen LogP contribution is -2.30. The number of rotatable bonds is 2. The van der Waals surface area contributed by atoms with E-state index in [0.717, 1.165) is 0 Å². The van der Waals surface area contributed by atoms with Gasteiger partial charge in [-0.15, -0.1) is 0 Å². The molecule has 68 valence electrons. The van der Waals surface area contributed by atoms with E-state index in [1.807, 2.05) is 0 Å². The third kappa shape index (κ3) is 2.09. The van der Waals surface area contributed by atoms with E-state index in [-0.39, 0.29) is 6.42 Å². The molecule has 0 radical (unpaired) electrons. The van der Waals surface area contributed by atoms with Gasteiger partial charge in [0.1, 0.15) is 12.1 Å². The molecule has 0 saturated carbocycles. The topological polar surface area (TPSA) is 102 Å². The lowest BCUT2D eigenvalue weighted by atomic mass is 10.2. The van der Waals surface area contributed by atoms with E-state index in [1.54, 1.807) is 0 Å². The summed E-state index contributed by atoms with van der Waals surface area (Å²) in [6, 6.07) is -0.630. The van der Waals surface area contributed by atoms with Crippen LogP contribution in [0, 0.1) is 0 Å². The van der Waals surface area contributed by atoms with Crippen LogP contribution in [0.1, 0.15) is 6.42 Å². The second-order valence-corrected chi connectivity index (χ2v) is 2.59. The fourth-order valence-electron chi connectivity index (χ4n) is 1.15. The molecular formula is C6H10N2O4. The number of hydrogen-bond acceptors (Lipinski definition) is 4. The van der Waals surface area contributed by atoms with E-state index < -0.39 is 24.2 Å². The number of carbonyl (C=O) groups is 2. The van der Waals surface area contributed by atoms with E-state index in [9.17, 15) is 9.59 Å². The van der Waals surface area contributed by atoms with Gasteiger partial charge >= 0.3 is 12.1 Å². The highest BCUT2D eigenvalue weighted by molar-refractivity contribution is 5.74. The number of nitrogens with one attached hydrogen (secondary N) is 1. The smallest absolute Gasteiger partial charge is 0.404 e. The Bertz CT molecular complexity index is 206. The molecule has 0 bridgehead atoms. The molecule has 1 amide bonds. The largest absolute Gasteiger partial charge is 0.480 e. The van der Waals surface area contributed by atoms with Crippen molar-refractivity contribution >= 4 is 12.1 Å². The molecule has 4 N–H and O–H groups in total. The Balaban J connectivity index is 2.35. The SMILES string of the molecule is NC(=O)O[C@@H]1CN[C@H](C(=O)O)C1. The van der Waals surface area contributed by atoms with Crippen LogP contribution in [0.4, 0.5) is 4.79 Å². The number of carbonyl (C=O) groups excluding carboxylic acids is 1. The number of ether oxygens (including phenoxy) is 1. The van der Waals surface area contributed by atoms with Gasteiger partial charge < -0.3 is 20.9 Å². The van der Waals surface area contributed by atoms with Crippen molar-refractivity contribution in [1.29, 1.82) is 0 Å². The summed E-state index contributed by atoms with van der Waals surface area (Å²) in [6.45, 7) is 0.347. The molecule has 1 saturated heterocycles. The fourth-order valence-corrected chi connectivity index (χ4v) is 1.15. The van der Waals surface area contributed by atoms with Crippen molar-refractivity contribution in [2.24, 2.45) is 5.73 Å². The summed E-state index contributed by atoms with van der Waals surface area (Å²) >= 11 is 0. The first-order valence-corrected chi connectivity index (χ1v) is 3.52. The zero-order valence-corrected chi connectivity index (χ0v) is 6.32. The minimum absolute atomic E-state index is 0.276. The van der Waals surface area contributed by atoms with Crippen LogP contribution in [0.15, 0.2) is 0 Å². The Morgan fingerprint density at radius 1 is 1.58 bits per heavy atom. The van der Waals surface area contributed by atoms with Gasteiger partial charge in [-0.3, -0.25) is 4.79 Å². The number of carboxylic acids is 1. The number of aliphatic carboxylic acids is 1. The molecule has 0 aromatic rings. The molecule has 0 aliphatic carbocycles. The van der Waals surface area contributed by atoms with Crippen molar-refractivity contribution in [2.45, 2.75) is 18.6 Å². The first-order valence-electron chi connectivity index (χ1n) is 3.52. The van der Waals surface area contributed by atoms with E-state index in [1.165, 1.54) is 0 Å². The van der Waals surface area contributed by atoms with Crippen molar-refractivity contribution in [1.82, 2.24) is 5.32 Å². The summed E-state index contributed by atoms with van der Waals surface area (Å²) in [5.74, 6) is -0.939. The van der Waals surface area contributed by atoms with Crippen LogP contribution in [-0.2, 0) is 9.53 Å². The van der Waals surface area contributed by atoms with Crippen molar-refractivity contribution in [3.05, 3.63) is 0 Å². The Hall–Kier alpha value is -1.30. The van der Waals surface area contributed by atoms with Crippen molar-refractivity contribution in [2.75, 3.05) is 6.54 Å². The lowest BCUT2D eigenvalue weighted by Gasteiger charge is -2.06. The maximum atomic E-state index is 10.4. The van der Waals surface area contributed by atoms with Gasteiger partial charge in [0.05, 0.1) is 0 Å². The summed E-state index contributed by atoms with van der Waals surface area (Å²) in [7, 11) is 0. The molecular weight excluding hydrogens is 164 g/mol. The molecule has 1 heterocycles. The molecule has 12 heavy (non-hydrogen) atoms. The Labute approximate surface area is 68.7 Å². The molecule has 0 aromatic heterocycles. The lowest BCUT2D eigenvalue weighted by molar-refractivity contribution is -0.139. The van der Waals surface area contributed by atoms with Gasteiger partial charge in [0.2, 0.25) is 0 Å². The normalized spacial score (nSPS) is 28.3. The van der Waals surface area contributed by atoms with Gasteiger partial charge in [-0.2, -0.15) is 0 Å². The number of primary amides is 1. The van der Waals surface area contributed by atoms with Crippen LogP contribution in [0.2, 0.25) is 0 Å². The van der Waals surface area contributed by atoms with Crippen LogP contribution in [0.5, 0.6) is 0 Å². The first kappa shape index (κ1) is 8.79. The van der Waals surface area contributed by atoms with Crippen LogP contribution in [-0.4, -0.2) is 35.9 Å². The highest BCUT2D eigenvalue weighted by atomic mass is 16.6. The summed E-state index contributed by atoms with van der Waals surface area (Å²) in [5.41, 5.74) is 4.76. The van der Waals surface area contributed by atoms with Gasteiger partial charge in [-0.25, -0.2) is 4.79 Å². The number of hydrogen-bond donors (Lipinski definition) is 3. The maximum Gasteiger partial charge on any atom is 0.404 e. The summed E-state index contributed by atoms with van der Waals surface area (Å²) < 4.78 is 4.60. The van der Waals surface area contributed by atoms with E-state index in [4.69, 9.17) is 10.8 Å². The first-order chi connectivity index (χ1) is 5.59. The van der Waals surface area contributed by atoms with Gasteiger partial charge in [0.15, 0.2) is 0 Å². The quantitative estimate of drug-likeness (QED) is 0.493. The van der Waals surface area contributed by atoms with Gasteiger partial charge in [-0.05, 0) is 0 Å². The second-order valence-electron chi connectivity index (χ2n) is 2.59. The molecule has 1 aliphatic heterocycles. The predicted octanol–water partition coefficient (Wildman–Crippen LogP) is -1.10. The summed E-state index contributed by atoms with van der Waals surface area (Å²) in [6.07, 6.45) is -1.01. The second kappa shape index (κ2) is 3.40. The number of amides is 1. The minimum atomic E-state index is -0.939. The Morgan fingerprint density at radius 2 is 2.25 bits per heavy atom. The average Bonchev–Trinajstić information content (AvgIpc) is 2.34. The van der Waals surface area contributed by atoms with Crippen LogP contribution in [0.25, 0.3) is 0 Å². The molecule has 1 fully saturated rings. The molecule has 6 nitrogen and oxygen atoms in total. The predicted molar refractivity (Wildman–Crippen MR) is 38.5 cm³/mol. The van der Waals surface area contributed by atoms with Gasteiger partial charge in [0, 0.05) is 13.0 Å². The molecule has 0 aromatic carbocycles. The zero-order valence-electron chi connectivity index (χ0n) is 6.32. The highest BCUT2D eigenvalue weighted by Crippen LogP contribution is 2.09. The fraction of sp³-hybridized carbons (Fsp3) is 0.667. The number of carboxylic acid groups (broad SMARTS) is 1. The Morgan fingerprint density at radius 3 is 2.67 bits per heavy atom. The summed E-state index contributed by atoms with van der Waals surface area (Å²) in [5, 5.41) is 11.2. The van der Waals surface area contributed by atoms with Crippen LogP contribution >= 0.6 is 0 Å². The summed E-state index contributed by atoms with van der Waals surface area (Å²) in [4.78, 5) is 20.7. The van der Waals surface area contributed by atoms with Crippen LogP contribution < -0.4 is 11.1 Å². The third-order valence-corrected chi connectivity index (χ3v) is 1.67. The van der Waals surface area contributed by atoms with Gasteiger partial charge in [-0.1, -0.05) is 0 Å².